The van der Waals surface area contributed by atoms with E-state index in [0.29, 0.717) is 26.1 Å². The van der Waals surface area contributed by atoms with E-state index in [9.17, 15) is 29.4 Å². The number of aliphatic carboxylic acids is 2. The van der Waals surface area contributed by atoms with Crippen LogP contribution in [0.5, 0.6) is 0 Å². The van der Waals surface area contributed by atoms with Crippen molar-refractivity contribution in [1.82, 2.24) is 0 Å². The Balaban J connectivity index is 0.00000124. The molecular weight excluding hydrogens is 946 g/mol. The molecule has 0 radical (unpaired) electrons. The molecule has 0 spiro atoms. The third kappa shape index (κ3) is 40.6. The number of hydrogen-bond acceptors (Lipinski definition) is 10. The molecule has 0 heterocycles. The standard InChI is InChI=1S/2C27H44O5.Ba/c2*1-3-4-5-6-13-18-26(32-23(2)28)21-20-25(17-12-7-8-14-19-27(29)30)31-22-24-15-10-9-11-16-24;/h2*9-11,15-16,25-26H,3-8,12-14,17-22H2,1-2H3,(H,29,30);/q;;+2/p-2. The van der Waals surface area contributed by atoms with Crippen molar-refractivity contribution in [2.75, 3.05) is 0 Å². The van der Waals surface area contributed by atoms with Crippen LogP contribution in [0.3, 0.4) is 0 Å². The van der Waals surface area contributed by atoms with Gasteiger partial charge in [0.05, 0.1) is 25.4 Å². The summed E-state index contributed by atoms with van der Waals surface area (Å²) in [5, 5.41) is 21.1. The van der Waals surface area contributed by atoms with Gasteiger partial charge in [-0.15, -0.1) is 0 Å². The summed E-state index contributed by atoms with van der Waals surface area (Å²) in [6, 6.07) is 20.3. The zero-order valence-corrected chi connectivity index (χ0v) is 45.5. The number of unbranched alkanes of at least 4 members (excludes halogenated alkanes) is 14. The van der Waals surface area contributed by atoms with Crippen molar-refractivity contribution < 1.29 is 48.3 Å². The van der Waals surface area contributed by atoms with E-state index in [4.69, 9.17) is 18.9 Å². The molecule has 4 unspecified atom stereocenters. The van der Waals surface area contributed by atoms with Gasteiger partial charge in [-0.3, -0.25) is 9.59 Å². The van der Waals surface area contributed by atoms with Gasteiger partial charge < -0.3 is 38.7 Å². The van der Waals surface area contributed by atoms with Gasteiger partial charge in [0.1, 0.15) is 12.2 Å². The van der Waals surface area contributed by atoms with Gasteiger partial charge in [-0.25, -0.2) is 0 Å². The minimum Gasteiger partial charge on any atom is -0.550 e. The minimum absolute atomic E-state index is 0. The molecule has 4 atom stereocenters. The fourth-order valence-corrected chi connectivity index (χ4v) is 7.88. The first-order valence-corrected chi connectivity index (χ1v) is 25.1. The Morgan fingerprint density at radius 2 is 0.708 bits per heavy atom. The van der Waals surface area contributed by atoms with Gasteiger partial charge in [0.25, 0.3) is 0 Å². The van der Waals surface area contributed by atoms with E-state index in [0.717, 1.165) is 114 Å². The van der Waals surface area contributed by atoms with Crippen LogP contribution in [0.4, 0.5) is 0 Å². The fraction of sp³-hybridized carbons (Fsp3) is 0.704. The third-order valence-electron chi connectivity index (χ3n) is 11.5. The summed E-state index contributed by atoms with van der Waals surface area (Å²) in [5.74, 6) is -2.36. The summed E-state index contributed by atoms with van der Waals surface area (Å²) in [7, 11) is 0. The normalized spacial score (nSPS) is 12.7. The van der Waals surface area contributed by atoms with Crippen LogP contribution in [0, 0.1) is 0 Å². The van der Waals surface area contributed by atoms with Crippen LogP contribution in [0.25, 0.3) is 0 Å². The molecule has 0 fully saturated rings. The number of hydrogen-bond donors (Lipinski definition) is 0. The van der Waals surface area contributed by atoms with Crippen molar-refractivity contribution in [1.29, 1.82) is 0 Å². The number of carbonyl (C=O) groups is 4. The van der Waals surface area contributed by atoms with Crippen molar-refractivity contribution >= 4 is 72.8 Å². The van der Waals surface area contributed by atoms with Crippen molar-refractivity contribution in [3.63, 3.8) is 0 Å². The Bertz CT molecular complexity index is 1320. The molecule has 2 aromatic carbocycles. The molecule has 10 nitrogen and oxygen atoms in total. The molecule has 0 saturated carbocycles. The van der Waals surface area contributed by atoms with Gasteiger partial charge in [0.2, 0.25) is 0 Å². The van der Waals surface area contributed by atoms with Gasteiger partial charge in [-0.1, -0.05) is 164 Å². The molecular formula is C54H86BaO10. The summed E-state index contributed by atoms with van der Waals surface area (Å²) in [6.07, 6.45) is 26.6. The average molecular weight is 1030 g/mol. The number of esters is 2. The zero-order chi connectivity index (χ0) is 46.9. The molecule has 364 valence electrons. The largest absolute Gasteiger partial charge is 2.00 e. The van der Waals surface area contributed by atoms with E-state index in [2.05, 4.69) is 38.1 Å². The SMILES string of the molecule is CCCCCCCC(CCC(CCCCCCC(=O)[O-])OCc1ccccc1)OC(C)=O.CCCCCCCC(CCC(CCCCCCC(=O)[O-])OCc1ccccc1)OC(C)=O.[Ba+2]. The van der Waals surface area contributed by atoms with Crippen LogP contribution in [0.1, 0.15) is 219 Å². The number of carboxylic acid groups (broad SMARTS) is 2. The van der Waals surface area contributed by atoms with Crippen molar-refractivity contribution in [2.45, 2.75) is 245 Å². The molecule has 0 aliphatic heterocycles. The number of carbonyl (C=O) groups excluding carboxylic acids is 4. The van der Waals surface area contributed by atoms with Gasteiger partial charge in [-0.2, -0.15) is 0 Å². The summed E-state index contributed by atoms with van der Waals surface area (Å²) >= 11 is 0. The Labute approximate surface area is 434 Å². The number of rotatable bonds is 40. The van der Waals surface area contributed by atoms with Crippen molar-refractivity contribution in [3.05, 3.63) is 71.8 Å². The maximum absolute atomic E-state index is 11.6. The van der Waals surface area contributed by atoms with Crippen LogP contribution in [0.15, 0.2) is 60.7 Å². The smallest absolute Gasteiger partial charge is 0.550 e. The van der Waals surface area contributed by atoms with Crippen molar-refractivity contribution in [2.24, 2.45) is 0 Å². The first-order valence-electron chi connectivity index (χ1n) is 25.1. The molecule has 0 bridgehead atoms. The summed E-state index contributed by atoms with van der Waals surface area (Å²) < 4.78 is 23.7. The zero-order valence-electron chi connectivity index (χ0n) is 41.1. The minimum atomic E-state index is -0.972. The molecule has 11 heteroatoms. The van der Waals surface area contributed by atoms with E-state index in [1.807, 2.05) is 36.4 Å². The molecule has 0 saturated heterocycles. The van der Waals surface area contributed by atoms with Gasteiger partial charge >= 0.3 is 60.8 Å². The molecule has 0 aliphatic carbocycles. The summed E-state index contributed by atoms with van der Waals surface area (Å²) in [6.45, 7) is 8.54. The Morgan fingerprint density at radius 3 is 1.02 bits per heavy atom. The average Bonchev–Trinajstić information content (AvgIpc) is 3.27. The van der Waals surface area contributed by atoms with Crippen molar-refractivity contribution in [3.8, 4) is 0 Å². The first kappa shape index (κ1) is 62.8. The second-order valence-corrected chi connectivity index (χ2v) is 17.5. The van der Waals surface area contributed by atoms with Crippen LogP contribution in [-0.4, -0.2) is 97.2 Å². The van der Waals surface area contributed by atoms with E-state index >= 15 is 0 Å². The van der Waals surface area contributed by atoms with E-state index in [1.54, 1.807) is 0 Å². The van der Waals surface area contributed by atoms with Crippen LogP contribution >= 0.6 is 0 Å². The Morgan fingerprint density at radius 1 is 0.415 bits per heavy atom. The van der Waals surface area contributed by atoms with E-state index < -0.39 is 11.9 Å². The molecule has 0 aromatic heterocycles. The second kappa shape index (κ2) is 44.3. The van der Waals surface area contributed by atoms with E-state index in [-0.39, 0.29) is 98.1 Å². The molecule has 2 rings (SSSR count). The van der Waals surface area contributed by atoms with Crippen LogP contribution in [-0.2, 0) is 51.3 Å². The number of carboxylic acids is 2. The Hall–Kier alpha value is -2.19. The fourth-order valence-electron chi connectivity index (χ4n) is 7.88. The maximum Gasteiger partial charge on any atom is 2.00 e. The molecule has 0 N–H and O–H groups in total. The molecule has 0 aliphatic rings. The first-order chi connectivity index (χ1) is 31.0. The Kier molecular flexibility index (Phi) is 42.8. The van der Waals surface area contributed by atoms with Gasteiger partial charge in [0, 0.05) is 25.8 Å². The van der Waals surface area contributed by atoms with Crippen LogP contribution < -0.4 is 10.2 Å². The quantitative estimate of drug-likeness (QED) is 0.0358. The summed E-state index contributed by atoms with van der Waals surface area (Å²) in [4.78, 5) is 44.2. The van der Waals surface area contributed by atoms with Gasteiger partial charge in [0.15, 0.2) is 0 Å². The van der Waals surface area contributed by atoms with Gasteiger partial charge in [-0.05, 0) is 101 Å². The maximum atomic E-state index is 11.6. The predicted octanol–water partition coefficient (Wildman–Crippen LogP) is 11.1. The molecule has 2 aromatic rings. The topological polar surface area (TPSA) is 151 Å². The number of benzene rings is 2. The summed E-state index contributed by atoms with van der Waals surface area (Å²) in [5.41, 5.74) is 2.30. The molecule has 0 amide bonds. The number of ether oxygens (including phenoxy) is 4. The monoisotopic (exact) mass is 1030 g/mol. The third-order valence-corrected chi connectivity index (χ3v) is 11.5. The van der Waals surface area contributed by atoms with Crippen LogP contribution in [0.2, 0.25) is 0 Å². The predicted molar refractivity (Wildman–Crippen MR) is 258 cm³/mol. The molecule has 65 heavy (non-hydrogen) atoms. The van der Waals surface area contributed by atoms with E-state index in [1.165, 1.54) is 65.2 Å². The second-order valence-electron chi connectivity index (χ2n) is 17.5.